The Hall–Kier alpha value is -3.19. The van der Waals surface area contributed by atoms with Gasteiger partial charge in [0.2, 0.25) is 0 Å². The zero-order chi connectivity index (χ0) is 24.4. The Morgan fingerprint density at radius 3 is 2.86 bits per heavy atom. The van der Waals surface area contributed by atoms with Gasteiger partial charge in [-0.15, -0.1) is 11.3 Å². The Bertz CT molecular complexity index is 1440. The summed E-state index contributed by atoms with van der Waals surface area (Å²) in [7, 11) is -2.00. The summed E-state index contributed by atoms with van der Waals surface area (Å²) < 4.78 is 48.7. The molecule has 0 amide bonds. The molecular formula is C23H23FN6O3S2. The third kappa shape index (κ3) is 5.25. The number of pyridine rings is 1. The summed E-state index contributed by atoms with van der Waals surface area (Å²) in [5, 5.41) is 3.82. The number of anilines is 2. The van der Waals surface area contributed by atoms with Crippen molar-refractivity contribution in [2.45, 2.75) is 17.6 Å². The van der Waals surface area contributed by atoms with E-state index in [4.69, 9.17) is 4.74 Å². The van der Waals surface area contributed by atoms with Gasteiger partial charge in [-0.2, -0.15) is 4.31 Å². The number of hydrogen-bond donors (Lipinski definition) is 1. The largest absolute Gasteiger partial charge is 0.369 e. The van der Waals surface area contributed by atoms with Gasteiger partial charge in [0.15, 0.2) is 10.2 Å². The number of thiazole rings is 1. The second kappa shape index (κ2) is 9.82. The maximum absolute atomic E-state index is 14.0. The maximum Gasteiger partial charge on any atom is 0.262 e. The van der Waals surface area contributed by atoms with Gasteiger partial charge >= 0.3 is 0 Å². The Morgan fingerprint density at radius 1 is 1.20 bits per heavy atom. The molecule has 12 heteroatoms. The fourth-order valence-corrected chi connectivity index (χ4v) is 6.00. The summed E-state index contributed by atoms with van der Waals surface area (Å²) in [5.74, 6) is 0.318. The van der Waals surface area contributed by atoms with Crippen molar-refractivity contribution in [1.82, 2.24) is 23.8 Å². The van der Waals surface area contributed by atoms with Crippen LogP contribution in [0.4, 0.5) is 15.3 Å². The number of hydrogen-bond acceptors (Lipinski definition) is 8. The summed E-state index contributed by atoms with van der Waals surface area (Å²) >= 11 is 1.42. The molecule has 35 heavy (non-hydrogen) atoms. The van der Waals surface area contributed by atoms with E-state index >= 15 is 0 Å². The van der Waals surface area contributed by atoms with Gasteiger partial charge in [-0.05, 0) is 23.8 Å². The van der Waals surface area contributed by atoms with Crippen molar-refractivity contribution in [3.8, 4) is 0 Å². The summed E-state index contributed by atoms with van der Waals surface area (Å²) in [6.45, 7) is 0.638. The van der Waals surface area contributed by atoms with Gasteiger partial charge in [0, 0.05) is 43.8 Å². The van der Waals surface area contributed by atoms with E-state index in [1.165, 1.54) is 34.2 Å². The molecule has 0 bridgehead atoms. The number of aromatic nitrogens is 4. The molecule has 0 spiro atoms. The highest BCUT2D eigenvalue weighted by molar-refractivity contribution is 7.89. The van der Waals surface area contributed by atoms with Crippen LogP contribution in [-0.4, -0.2) is 51.9 Å². The molecule has 4 aromatic rings. The molecule has 1 aromatic carbocycles. The first-order valence-corrected chi connectivity index (χ1v) is 13.2. The molecule has 0 unspecified atom stereocenters. The van der Waals surface area contributed by atoms with Crippen LogP contribution in [0, 0.1) is 5.82 Å². The zero-order valence-corrected chi connectivity index (χ0v) is 20.5. The highest BCUT2D eigenvalue weighted by Crippen LogP contribution is 2.28. The van der Waals surface area contributed by atoms with Crippen molar-refractivity contribution < 1.29 is 17.5 Å². The molecule has 0 aliphatic carbocycles. The van der Waals surface area contributed by atoms with E-state index in [1.807, 2.05) is 12.1 Å². The Kier molecular flexibility index (Phi) is 6.60. The summed E-state index contributed by atoms with van der Waals surface area (Å²) in [4.78, 5) is 13.9. The van der Waals surface area contributed by atoms with Crippen LogP contribution in [0.3, 0.4) is 0 Å². The van der Waals surface area contributed by atoms with Crippen molar-refractivity contribution in [3.05, 3.63) is 83.1 Å². The van der Waals surface area contributed by atoms with Crippen LogP contribution >= 0.6 is 11.3 Å². The zero-order valence-electron chi connectivity index (χ0n) is 18.8. The minimum Gasteiger partial charge on any atom is -0.369 e. The summed E-state index contributed by atoms with van der Waals surface area (Å²) in [5.41, 5.74) is 1.22. The highest BCUT2D eigenvalue weighted by atomic mass is 32.2. The lowest BCUT2D eigenvalue weighted by Gasteiger charge is -2.31. The van der Waals surface area contributed by atoms with Gasteiger partial charge in [-0.25, -0.2) is 27.8 Å². The van der Waals surface area contributed by atoms with Crippen molar-refractivity contribution in [1.29, 1.82) is 0 Å². The lowest BCUT2D eigenvalue weighted by atomic mass is 10.1. The highest BCUT2D eigenvalue weighted by Gasteiger charge is 2.33. The molecule has 182 valence electrons. The number of morpholine rings is 1. The molecule has 4 heterocycles. The van der Waals surface area contributed by atoms with E-state index in [-0.39, 0.29) is 30.5 Å². The summed E-state index contributed by atoms with van der Waals surface area (Å²) in [6.07, 6.45) is 4.60. The molecule has 3 aromatic heterocycles. The van der Waals surface area contributed by atoms with Gasteiger partial charge in [0.1, 0.15) is 17.7 Å². The van der Waals surface area contributed by atoms with E-state index in [9.17, 15) is 12.8 Å². The van der Waals surface area contributed by atoms with E-state index in [0.717, 1.165) is 4.88 Å². The smallest absolute Gasteiger partial charge is 0.262 e. The van der Waals surface area contributed by atoms with E-state index < -0.39 is 16.1 Å². The first kappa shape index (κ1) is 23.5. The number of sulfonamides is 1. The number of imidazole rings is 1. The average Bonchev–Trinajstić information content (AvgIpc) is 3.50. The number of nitrogens with one attached hydrogen (secondary N) is 1. The number of rotatable bonds is 7. The first-order valence-electron chi connectivity index (χ1n) is 10.9. The van der Waals surface area contributed by atoms with Crippen molar-refractivity contribution >= 4 is 32.3 Å². The minimum absolute atomic E-state index is 0.0129. The van der Waals surface area contributed by atoms with Crippen molar-refractivity contribution in [2.24, 2.45) is 7.05 Å². The molecule has 1 aliphatic rings. The lowest BCUT2D eigenvalue weighted by Crippen LogP contribution is -2.42. The molecule has 1 N–H and O–H groups in total. The number of halogens is 1. The maximum atomic E-state index is 14.0. The van der Waals surface area contributed by atoms with Crippen LogP contribution in [-0.2, 0) is 28.2 Å². The predicted octanol–water partition coefficient (Wildman–Crippen LogP) is 3.51. The molecule has 0 radical (unpaired) electrons. The number of nitrogens with zero attached hydrogens (tertiary/aromatic N) is 5. The van der Waals surface area contributed by atoms with Gasteiger partial charge in [-0.1, -0.05) is 24.3 Å². The lowest BCUT2D eigenvalue weighted by molar-refractivity contribution is -0.00492. The van der Waals surface area contributed by atoms with Gasteiger partial charge in [0.05, 0.1) is 18.6 Å². The SMILES string of the molecule is Cn1cnc(S(=O)(=O)N2CCO[C@@H](c3cccc(Nc4ncc(Cc5ccccc5F)s4)n3)C2)c1. The number of ether oxygens (including phenoxy) is 1. The van der Waals surface area contributed by atoms with Crippen LogP contribution in [0.15, 0.2) is 66.2 Å². The number of benzene rings is 1. The molecule has 1 aliphatic heterocycles. The molecular weight excluding hydrogens is 491 g/mol. The van der Waals surface area contributed by atoms with Crippen molar-refractivity contribution in [3.63, 3.8) is 0 Å². The van der Waals surface area contributed by atoms with Crippen LogP contribution in [0.2, 0.25) is 0 Å². The average molecular weight is 515 g/mol. The van der Waals surface area contributed by atoms with E-state index in [0.29, 0.717) is 28.6 Å². The van der Waals surface area contributed by atoms with Crippen LogP contribution in [0.1, 0.15) is 22.2 Å². The first-order chi connectivity index (χ1) is 16.9. The minimum atomic E-state index is -3.72. The van der Waals surface area contributed by atoms with Gasteiger partial charge < -0.3 is 14.6 Å². The molecule has 1 fully saturated rings. The Balaban J connectivity index is 1.28. The fraction of sp³-hybridized carbons (Fsp3) is 0.261. The van der Waals surface area contributed by atoms with Crippen LogP contribution < -0.4 is 5.32 Å². The molecule has 1 atom stereocenters. The second-order valence-electron chi connectivity index (χ2n) is 8.07. The fourth-order valence-electron chi connectivity index (χ4n) is 3.76. The monoisotopic (exact) mass is 514 g/mol. The standard InChI is InChI=1S/C23H23FN6O3S2/c1-29-14-22(26-15-29)35(31,32)30-9-10-33-20(13-30)19-7-4-8-21(27-19)28-23-25-12-17(34-23)11-16-5-2-3-6-18(16)24/h2-8,12,14-15,20H,9-11,13H2,1H3,(H,25,27,28)/t20-/m1/s1. The third-order valence-electron chi connectivity index (χ3n) is 5.53. The van der Waals surface area contributed by atoms with E-state index in [2.05, 4.69) is 20.3 Å². The topological polar surface area (TPSA) is 102 Å². The molecule has 1 saturated heterocycles. The van der Waals surface area contributed by atoms with E-state index in [1.54, 1.807) is 42.1 Å². The predicted molar refractivity (Wildman–Crippen MR) is 129 cm³/mol. The molecule has 5 rings (SSSR count). The van der Waals surface area contributed by atoms with Crippen molar-refractivity contribution in [2.75, 3.05) is 25.0 Å². The van der Waals surface area contributed by atoms with Crippen LogP contribution in [0.5, 0.6) is 0 Å². The quantitative estimate of drug-likeness (QED) is 0.403. The third-order valence-corrected chi connectivity index (χ3v) is 8.19. The van der Waals surface area contributed by atoms with Crippen LogP contribution in [0.25, 0.3) is 0 Å². The normalized spacial score (nSPS) is 16.9. The van der Waals surface area contributed by atoms with Gasteiger partial charge in [-0.3, -0.25) is 0 Å². The van der Waals surface area contributed by atoms with Gasteiger partial charge in [0.25, 0.3) is 10.0 Å². The molecule has 9 nitrogen and oxygen atoms in total. The molecule has 0 saturated carbocycles. The summed E-state index contributed by atoms with van der Waals surface area (Å²) in [6, 6.07) is 12.1. The number of aryl methyl sites for hydroxylation is 1. The Labute approximate surface area is 206 Å². The Morgan fingerprint density at radius 2 is 2.06 bits per heavy atom. The second-order valence-corrected chi connectivity index (χ2v) is 11.1.